The molecule has 0 amide bonds. The summed E-state index contributed by atoms with van der Waals surface area (Å²) in [5.74, 6) is -0.276. The molecule has 0 spiro atoms. The number of aryl methyl sites for hydroxylation is 1. The van der Waals surface area contributed by atoms with Crippen LogP contribution < -0.4 is 5.32 Å². The lowest BCUT2D eigenvalue weighted by Gasteiger charge is -2.13. The third-order valence-corrected chi connectivity index (χ3v) is 3.86. The van der Waals surface area contributed by atoms with Crippen molar-refractivity contribution in [3.8, 4) is 0 Å². The lowest BCUT2D eigenvalue weighted by atomic mass is 10.1. The quantitative estimate of drug-likeness (QED) is 0.758. The maximum atomic E-state index is 13.7. The zero-order valence-electron chi connectivity index (χ0n) is 13.0. The number of hydrogen-bond donors (Lipinski definition) is 2. The molecule has 3 rings (SSSR count). The highest BCUT2D eigenvalue weighted by atomic mass is 19.1. The SMILES string of the molecule is Cc1ccc(C(O)CNCc2cc(F)cc3cccnc23)cc1. The van der Waals surface area contributed by atoms with Crippen molar-refractivity contribution in [2.24, 2.45) is 0 Å². The fourth-order valence-electron chi connectivity index (χ4n) is 2.61. The van der Waals surface area contributed by atoms with Gasteiger partial charge in [-0.2, -0.15) is 0 Å². The molecule has 0 bridgehead atoms. The summed E-state index contributed by atoms with van der Waals surface area (Å²) in [5.41, 5.74) is 3.60. The number of rotatable bonds is 5. The van der Waals surface area contributed by atoms with Crippen molar-refractivity contribution in [1.29, 1.82) is 0 Å². The van der Waals surface area contributed by atoms with Gasteiger partial charge in [-0.1, -0.05) is 35.9 Å². The molecule has 0 fully saturated rings. The Labute approximate surface area is 134 Å². The molecule has 0 aliphatic carbocycles. The Balaban J connectivity index is 1.68. The van der Waals surface area contributed by atoms with Crippen molar-refractivity contribution >= 4 is 10.9 Å². The minimum Gasteiger partial charge on any atom is -0.387 e. The van der Waals surface area contributed by atoms with Crippen LogP contribution in [0.5, 0.6) is 0 Å². The smallest absolute Gasteiger partial charge is 0.124 e. The highest BCUT2D eigenvalue weighted by Crippen LogP contribution is 2.19. The summed E-state index contributed by atoms with van der Waals surface area (Å²) >= 11 is 0. The van der Waals surface area contributed by atoms with E-state index in [1.807, 2.05) is 37.3 Å². The fourth-order valence-corrected chi connectivity index (χ4v) is 2.61. The molecule has 0 aliphatic rings. The minimum absolute atomic E-state index is 0.276. The molecular weight excluding hydrogens is 291 g/mol. The molecule has 0 saturated heterocycles. The summed E-state index contributed by atoms with van der Waals surface area (Å²) in [7, 11) is 0. The fraction of sp³-hybridized carbons (Fsp3) is 0.211. The van der Waals surface area contributed by atoms with Gasteiger partial charge >= 0.3 is 0 Å². The molecule has 1 aromatic heterocycles. The van der Waals surface area contributed by atoms with Gasteiger partial charge in [0.1, 0.15) is 5.82 Å². The molecule has 0 aliphatic heterocycles. The van der Waals surface area contributed by atoms with Crippen molar-refractivity contribution in [1.82, 2.24) is 10.3 Å². The lowest BCUT2D eigenvalue weighted by Crippen LogP contribution is -2.21. The van der Waals surface area contributed by atoms with Crippen molar-refractivity contribution in [3.63, 3.8) is 0 Å². The molecule has 2 aromatic carbocycles. The lowest BCUT2D eigenvalue weighted by molar-refractivity contribution is 0.174. The number of nitrogens with one attached hydrogen (secondary N) is 1. The average Bonchev–Trinajstić information content (AvgIpc) is 2.55. The van der Waals surface area contributed by atoms with E-state index in [0.29, 0.717) is 13.1 Å². The number of pyridine rings is 1. The number of aliphatic hydroxyl groups is 1. The van der Waals surface area contributed by atoms with Gasteiger partial charge in [-0.15, -0.1) is 0 Å². The molecule has 4 heteroatoms. The average molecular weight is 310 g/mol. The predicted molar refractivity (Wildman–Crippen MR) is 89.5 cm³/mol. The Hall–Kier alpha value is -2.30. The van der Waals surface area contributed by atoms with Crippen LogP contribution in [0.2, 0.25) is 0 Å². The third kappa shape index (κ3) is 3.73. The highest BCUT2D eigenvalue weighted by Gasteiger charge is 2.09. The van der Waals surface area contributed by atoms with E-state index in [1.54, 1.807) is 12.3 Å². The molecule has 23 heavy (non-hydrogen) atoms. The molecule has 0 radical (unpaired) electrons. The van der Waals surface area contributed by atoms with Crippen LogP contribution in [0.25, 0.3) is 10.9 Å². The van der Waals surface area contributed by atoms with Gasteiger partial charge in [0.25, 0.3) is 0 Å². The molecule has 3 aromatic rings. The third-order valence-electron chi connectivity index (χ3n) is 3.86. The number of aliphatic hydroxyl groups excluding tert-OH is 1. The summed E-state index contributed by atoms with van der Waals surface area (Å²) in [4.78, 5) is 4.32. The van der Waals surface area contributed by atoms with E-state index < -0.39 is 6.10 Å². The van der Waals surface area contributed by atoms with E-state index in [0.717, 1.165) is 27.6 Å². The number of halogens is 1. The second kappa shape index (κ2) is 6.86. The van der Waals surface area contributed by atoms with Gasteiger partial charge in [-0.3, -0.25) is 4.98 Å². The second-order valence-electron chi connectivity index (χ2n) is 5.70. The summed E-state index contributed by atoms with van der Waals surface area (Å²) in [6.45, 7) is 2.86. The Morgan fingerprint density at radius 2 is 1.96 bits per heavy atom. The molecule has 1 unspecified atom stereocenters. The zero-order valence-corrected chi connectivity index (χ0v) is 13.0. The van der Waals surface area contributed by atoms with Gasteiger partial charge < -0.3 is 10.4 Å². The molecular formula is C19H19FN2O. The van der Waals surface area contributed by atoms with Crippen molar-refractivity contribution in [3.05, 3.63) is 77.2 Å². The first-order chi connectivity index (χ1) is 11.1. The van der Waals surface area contributed by atoms with Crippen LogP contribution in [0.1, 0.15) is 22.8 Å². The highest BCUT2D eigenvalue weighted by molar-refractivity contribution is 5.81. The summed E-state index contributed by atoms with van der Waals surface area (Å²) < 4.78 is 13.7. The molecule has 1 atom stereocenters. The normalized spacial score (nSPS) is 12.5. The molecule has 2 N–H and O–H groups in total. The first kappa shape index (κ1) is 15.6. The van der Waals surface area contributed by atoms with Gasteiger partial charge in [-0.25, -0.2) is 4.39 Å². The van der Waals surface area contributed by atoms with Crippen molar-refractivity contribution in [2.45, 2.75) is 19.6 Å². The van der Waals surface area contributed by atoms with Crippen LogP contribution in [0.4, 0.5) is 4.39 Å². The second-order valence-corrected chi connectivity index (χ2v) is 5.70. The number of benzene rings is 2. The first-order valence-electron chi connectivity index (χ1n) is 7.62. The van der Waals surface area contributed by atoms with Gasteiger partial charge in [0, 0.05) is 24.7 Å². The van der Waals surface area contributed by atoms with E-state index in [9.17, 15) is 9.50 Å². The van der Waals surface area contributed by atoms with Gasteiger partial charge in [0.15, 0.2) is 0 Å². The van der Waals surface area contributed by atoms with Crippen LogP contribution in [0, 0.1) is 12.7 Å². The van der Waals surface area contributed by atoms with Crippen LogP contribution in [-0.4, -0.2) is 16.6 Å². The summed E-state index contributed by atoms with van der Waals surface area (Å²) in [6.07, 6.45) is 1.11. The van der Waals surface area contributed by atoms with Crippen molar-refractivity contribution in [2.75, 3.05) is 6.54 Å². The maximum Gasteiger partial charge on any atom is 0.124 e. The zero-order chi connectivity index (χ0) is 16.2. The number of hydrogen-bond acceptors (Lipinski definition) is 3. The Morgan fingerprint density at radius 1 is 1.17 bits per heavy atom. The molecule has 118 valence electrons. The minimum atomic E-state index is -0.594. The van der Waals surface area contributed by atoms with Crippen molar-refractivity contribution < 1.29 is 9.50 Å². The van der Waals surface area contributed by atoms with E-state index in [-0.39, 0.29) is 5.82 Å². The van der Waals surface area contributed by atoms with E-state index in [1.165, 1.54) is 12.1 Å². The van der Waals surface area contributed by atoms with Crippen LogP contribution >= 0.6 is 0 Å². The van der Waals surface area contributed by atoms with Crippen LogP contribution in [-0.2, 0) is 6.54 Å². The Kier molecular flexibility index (Phi) is 4.65. The van der Waals surface area contributed by atoms with Crippen LogP contribution in [0.3, 0.4) is 0 Å². The number of aromatic nitrogens is 1. The van der Waals surface area contributed by atoms with Gasteiger partial charge in [0.05, 0.1) is 11.6 Å². The Morgan fingerprint density at radius 3 is 2.74 bits per heavy atom. The predicted octanol–water partition coefficient (Wildman–Crippen LogP) is 3.51. The van der Waals surface area contributed by atoms with Gasteiger partial charge in [0.2, 0.25) is 0 Å². The van der Waals surface area contributed by atoms with Gasteiger partial charge in [-0.05, 0) is 36.2 Å². The first-order valence-corrected chi connectivity index (χ1v) is 7.62. The van der Waals surface area contributed by atoms with Crippen LogP contribution in [0.15, 0.2) is 54.7 Å². The largest absolute Gasteiger partial charge is 0.387 e. The summed E-state index contributed by atoms with van der Waals surface area (Å²) in [6, 6.07) is 14.4. The topological polar surface area (TPSA) is 45.1 Å². The Bertz CT molecular complexity index is 802. The molecule has 1 heterocycles. The standard InChI is InChI=1S/C19H19FN2O/c1-13-4-6-14(7-5-13)18(23)12-21-11-16-10-17(20)9-15-3-2-8-22-19(15)16/h2-10,18,21,23H,11-12H2,1H3. The van der Waals surface area contributed by atoms with E-state index in [2.05, 4.69) is 10.3 Å². The monoisotopic (exact) mass is 310 g/mol. The molecule has 0 saturated carbocycles. The van der Waals surface area contributed by atoms with E-state index >= 15 is 0 Å². The maximum absolute atomic E-state index is 13.7. The number of fused-ring (bicyclic) bond motifs is 1. The number of nitrogens with zero attached hydrogens (tertiary/aromatic N) is 1. The van der Waals surface area contributed by atoms with E-state index in [4.69, 9.17) is 0 Å². The molecule has 3 nitrogen and oxygen atoms in total. The summed E-state index contributed by atoms with van der Waals surface area (Å²) in [5, 5.41) is 14.2.